The molecule has 90 valence electrons. The second kappa shape index (κ2) is 6.30. The lowest BCUT2D eigenvalue weighted by Gasteiger charge is -2.11. The molecule has 3 heteroatoms. The van der Waals surface area contributed by atoms with Gasteiger partial charge in [0.15, 0.2) is 0 Å². The number of ether oxygens (including phenoxy) is 1. The van der Waals surface area contributed by atoms with Crippen LogP contribution in [-0.2, 0) is 6.42 Å². The minimum atomic E-state index is 0.698. The smallest absolute Gasteiger partial charge is 0.142 e. The summed E-state index contributed by atoms with van der Waals surface area (Å²) in [5.74, 6) is 0.931. The molecule has 1 aromatic heterocycles. The first-order valence-corrected chi connectivity index (χ1v) is 6.81. The maximum absolute atomic E-state index is 5.56. The van der Waals surface area contributed by atoms with Crippen LogP contribution >= 0.6 is 11.3 Å². The number of nitrogens with one attached hydrogen (secondary N) is 1. The molecular weight excluding hydrogens is 230 g/mol. The molecule has 2 aromatic rings. The van der Waals surface area contributed by atoms with Gasteiger partial charge in [0.1, 0.15) is 5.75 Å². The van der Waals surface area contributed by atoms with Crippen LogP contribution in [0.2, 0.25) is 0 Å². The number of anilines is 1. The molecule has 0 aliphatic heterocycles. The molecule has 0 saturated heterocycles. The van der Waals surface area contributed by atoms with Crippen LogP contribution in [0.4, 0.5) is 5.69 Å². The number of hydrogen-bond acceptors (Lipinski definition) is 3. The van der Waals surface area contributed by atoms with Crippen molar-refractivity contribution in [1.82, 2.24) is 0 Å². The van der Waals surface area contributed by atoms with Crippen LogP contribution in [0.15, 0.2) is 41.1 Å². The zero-order chi connectivity index (χ0) is 11.9. The Morgan fingerprint density at radius 1 is 1.24 bits per heavy atom. The van der Waals surface area contributed by atoms with Crippen LogP contribution < -0.4 is 10.1 Å². The minimum Gasteiger partial charge on any atom is -0.492 e. The fourth-order valence-electron chi connectivity index (χ4n) is 1.67. The zero-order valence-corrected chi connectivity index (χ0v) is 10.8. The van der Waals surface area contributed by atoms with E-state index in [0.29, 0.717) is 6.61 Å². The maximum atomic E-state index is 5.56. The highest BCUT2D eigenvalue weighted by molar-refractivity contribution is 7.07. The number of benzene rings is 1. The molecule has 1 aromatic carbocycles. The Morgan fingerprint density at radius 3 is 2.88 bits per heavy atom. The summed E-state index contributed by atoms with van der Waals surface area (Å²) in [6, 6.07) is 10.2. The first kappa shape index (κ1) is 12.0. The molecule has 1 N–H and O–H groups in total. The van der Waals surface area contributed by atoms with Gasteiger partial charge in [-0.05, 0) is 47.9 Å². The van der Waals surface area contributed by atoms with Crippen LogP contribution in [-0.4, -0.2) is 13.2 Å². The molecule has 0 fully saturated rings. The molecular formula is C14H17NOS. The molecule has 0 radical (unpaired) electrons. The van der Waals surface area contributed by atoms with Gasteiger partial charge in [0, 0.05) is 6.54 Å². The van der Waals surface area contributed by atoms with Gasteiger partial charge in [-0.2, -0.15) is 11.3 Å². The van der Waals surface area contributed by atoms with Crippen LogP contribution in [0.1, 0.15) is 12.5 Å². The van der Waals surface area contributed by atoms with Gasteiger partial charge < -0.3 is 10.1 Å². The molecule has 0 aliphatic rings. The van der Waals surface area contributed by atoms with Crippen molar-refractivity contribution in [3.63, 3.8) is 0 Å². The first-order valence-electron chi connectivity index (χ1n) is 5.87. The number of para-hydroxylation sites is 2. The summed E-state index contributed by atoms with van der Waals surface area (Å²) < 4.78 is 5.56. The molecule has 2 nitrogen and oxygen atoms in total. The third kappa shape index (κ3) is 3.49. The van der Waals surface area contributed by atoms with E-state index in [-0.39, 0.29) is 0 Å². The van der Waals surface area contributed by atoms with Crippen molar-refractivity contribution in [3.8, 4) is 5.75 Å². The molecule has 0 saturated carbocycles. The van der Waals surface area contributed by atoms with E-state index >= 15 is 0 Å². The second-order valence-corrected chi connectivity index (χ2v) is 4.52. The Hall–Kier alpha value is -1.48. The summed E-state index contributed by atoms with van der Waals surface area (Å²) in [5, 5.41) is 7.72. The molecule has 0 amide bonds. The molecule has 0 unspecified atom stereocenters. The second-order valence-electron chi connectivity index (χ2n) is 3.74. The highest BCUT2D eigenvalue weighted by atomic mass is 32.1. The normalized spacial score (nSPS) is 10.2. The van der Waals surface area contributed by atoms with Crippen molar-refractivity contribution >= 4 is 17.0 Å². The van der Waals surface area contributed by atoms with E-state index in [1.807, 2.05) is 25.1 Å². The topological polar surface area (TPSA) is 21.3 Å². The van der Waals surface area contributed by atoms with Gasteiger partial charge in [-0.3, -0.25) is 0 Å². The highest BCUT2D eigenvalue weighted by Crippen LogP contribution is 2.23. The van der Waals surface area contributed by atoms with Gasteiger partial charge in [0.2, 0.25) is 0 Å². The lowest BCUT2D eigenvalue weighted by atomic mass is 10.2. The average molecular weight is 247 g/mol. The quantitative estimate of drug-likeness (QED) is 0.838. The maximum Gasteiger partial charge on any atom is 0.142 e. The van der Waals surface area contributed by atoms with Gasteiger partial charge in [-0.1, -0.05) is 12.1 Å². The van der Waals surface area contributed by atoms with Crippen molar-refractivity contribution in [2.75, 3.05) is 18.5 Å². The Kier molecular flexibility index (Phi) is 4.45. The van der Waals surface area contributed by atoms with Gasteiger partial charge in [-0.15, -0.1) is 0 Å². The lowest BCUT2D eigenvalue weighted by Crippen LogP contribution is -2.06. The summed E-state index contributed by atoms with van der Waals surface area (Å²) >= 11 is 1.74. The van der Waals surface area contributed by atoms with E-state index in [0.717, 1.165) is 24.4 Å². The Balaban J connectivity index is 1.89. The number of thiophene rings is 1. The van der Waals surface area contributed by atoms with Crippen molar-refractivity contribution in [3.05, 3.63) is 46.7 Å². The molecule has 0 spiro atoms. The predicted octanol–water partition coefficient (Wildman–Crippen LogP) is 3.80. The SMILES string of the molecule is CCOc1ccccc1NCCc1ccsc1. The summed E-state index contributed by atoms with van der Waals surface area (Å²) in [7, 11) is 0. The largest absolute Gasteiger partial charge is 0.492 e. The first-order chi connectivity index (χ1) is 8.40. The van der Waals surface area contributed by atoms with Crippen LogP contribution in [0.3, 0.4) is 0 Å². The van der Waals surface area contributed by atoms with E-state index in [2.05, 4.69) is 28.2 Å². The number of rotatable bonds is 6. The lowest BCUT2D eigenvalue weighted by molar-refractivity contribution is 0.341. The molecule has 1 heterocycles. The van der Waals surface area contributed by atoms with Crippen molar-refractivity contribution < 1.29 is 4.74 Å². The third-order valence-electron chi connectivity index (χ3n) is 2.50. The van der Waals surface area contributed by atoms with E-state index in [4.69, 9.17) is 4.74 Å². The standard InChI is InChI=1S/C14H17NOS/c1-2-16-14-6-4-3-5-13(14)15-9-7-12-8-10-17-11-12/h3-6,8,10-11,15H,2,7,9H2,1H3. The molecule has 0 atom stereocenters. The third-order valence-corrected chi connectivity index (χ3v) is 3.23. The van der Waals surface area contributed by atoms with Gasteiger partial charge in [0.25, 0.3) is 0 Å². The van der Waals surface area contributed by atoms with Crippen molar-refractivity contribution in [2.24, 2.45) is 0 Å². The summed E-state index contributed by atoms with van der Waals surface area (Å²) in [6.07, 6.45) is 1.05. The van der Waals surface area contributed by atoms with E-state index in [1.165, 1.54) is 5.56 Å². The zero-order valence-electron chi connectivity index (χ0n) is 9.98. The number of hydrogen-bond donors (Lipinski definition) is 1. The van der Waals surface area contributed by atoms with Crippen LogP contribution in [0.25, 0.3) is 0 Å². The van der Waals surface area contributed by atoms with E-state index in [1.54, 1.807) is 11.3 Å². The Morgan fingerprint density at radius 2 is 2.12 bits per heavy atom. The molecule has 17 heavy (non-hydrogen) atoms. The summed E-state index contributed by atoms with van der Waals surface area (Å²) in [6.45, 7) is 3.63. The van der Waals surface area contributed by atoms with Crippen LogP contribution in [0, 0.1) is 0 Å². The van der Waals surface area contributed by atoms with Crippen molar-refractivity contribution in [2.45, 2.75) is 13.3 Å². The highest BCUT2D eigenvalue weighted by Gasteiger charge is 2.01. The summed E-state index contributed by atoms with van der Waals surface area (Å²) in [4.78, 5) is 0. The van der Waals surface area contributed by atoms with Gasteiger partial charge >= 0.3 is 0 Å². The monoisotopic (exact) mass is 247 g/mol. The predicted molar refractivity (Wildman–Crippen MR) is 74.1 cm³/mol. The summed E-state index contributed by atoms with van der Waals surface area (Å²) in [5.41, 5.74) is 2.46. The van der Waals surface area contributed by atoms with Gasteiger partial charge in [-0.25, -0.2) is 0 Å². The Labute approximate surface area is 106 Å². The molecule has 0 aliphatic carbocycles. The fourth-order valence-corrected chi connectivity index (χ4v) is 2.37. The molecule has 2 rings (SSSR count). The van der Waals surface area contributed by atoms with E-state index in [9.17, 15) is 0 Å². The van der Waals surface area contributed by atoms with Crippen molar-refractivity contribution in [1.29, 1.82) is 0 Å². The average Bonchev–Trinajstić information content (AvgIpc) is 2.85. The minimum absolute atomic E-state index is 0.698. The Bertz CT molecular complexity index is 439. The molecule has 0 bridgehead atoms. The fraction of sp³-hybridized carbons (Fsp3) is 0.286. The van der Waals surface area contributed by atoms with Crippen LogP contribution in [0.5, 0.6) is 5.75 Å². The van der Waals surface area contributed by atoms with E-state index < -0.39 is 0 Å². The van der Waals surface area contributed by atoms with Gasteiger partial charge in [0.05, 0.1) is 12.3 Å².